The predicted molar refractivity (Wildman–Crippen MR) is 73.3 cm³/mol. The van der Waals surface area contributed by atoms with Crippen LogP contribution in [0.4, 0.5) is 0 Å². The first-order valence-electron chi connectivity index (χ1n) is 7.30. The Morgan fingerprint density at radius 1 is 1.18 bits per heavy atom. The van der Waals surface area contributed by atoms with Crippen molar-refractivity contribution in [3.8, 4) is 0 Å². The fourth-order valence-corrected chi connectivity index (χ4v) is 3.63. The number of nitrogens with one attached hydrogen (secondary N) is 1. The van der Waals surface area contributed by atoms with Crippen LogP contribution in [0.1, 0.15) is 32.6 Å². The van der Waals surface area contributed by atoms with Crippen LogP contribution in [0.25, 0.3) is 0 Å². The molecule has 0 aromatic carbocycles. The van der Waals surface area contributed by atoms with Crippen LogP contribution < -0.4 is 5.32 Å². The van der Waals surface area contributed by atoms with Crippen molar-refractivity contribution in [2.24, 2.45) is 5.92 Å². The molecule has 100 valence electrons. The van der Waals surface area contributed by atoms with E-state index in [4.69, 9.17) is 0 Å². The molecule has 17 heavy (non-hydrogen) atoms. The standard InChI is InChI=1S/C14H29N3/c1-12-10-16(3)8-5-9-17(12)11-13-6-4-7-14(13)15-2/h12-15H,4-11H2,1-3H3. The molecule has 1 saturated carbocycles. The van der Waals surface area contributed by atoms with Crippen LogP contribution in [-0.2, 0) is 0 Å². The zero-order valence-electron chi connectivity index (χ0n) is 11.8. The van der Waals surface area contributed by atoms with Gasteiger partial charge in [0.1, 0.15) is 0 Å². The Bertz CT molecular complexity index is 232. The minimum atomic E-state index is 0.723. The third-order valence-electron chi connectivity index (χ3n) is 4.68. The second kappa shape index (κ2) is 6.17. The van der Waals surface area contributed by atoms with Gasteiger partial charge in [-0.2, -0.15) is 0 Å². The first-order valence-corrected chi connectivity index (χ1v) is 7.30. The molecule has 2 aliphatic rings. The Kier molecular flexibility index (Phi) is 4.83. The lowest BCUT2D eigenvalue weighted by molar-refractivity contribution is 0.165. The van der Waals surface area contributed by atoms with E-state index < -0.39 is 0 Å². The van der Waals surface area contributed by atoms with Crippen LogP contribution in [-0.4, -0.2) is 62.2 Å². The summed E-state index contributed by atoms with van der Waals surface area (Å²) >= 11 is 0. The molecule has 1 aliphatic carbocycles. The predicted octanol–water partition coefficient (Wildman–Crippen LogP) is 1.40. The number of nitrogens with zero attached hydrogens (tertiary/aromatic N) is 2. The quantitative estimate of drug-likeness (QED) is 0.803. The molecule has 0 spiro atoms. The largest absolute Gasteiger partial charge is 0.317 e. The van der Waals surface area contributed by atoms with Gasteiger partial charge < -0.3 is 10.2 Å². The van der Waals surface area contributed by atoms with Gasteiger partial charge in [0, 0.05) is 25.2 Å². The smallest absolute Gasteiger partial charge is 0.0194 e. The van der Waals surface area contributed by atoms with Gasteiger partial charge in [0.15, 0.2) is 0 Å². The average Bonchev–Trinajstić information content (AvgIpc) is 2.68. The molecule has 2 fully saturated rings. The Morgan fingerprint density at radius 2 is 2.00 bits per heavy atom. The van der Waals surface area contributed by atoms with Gasteiger partial charge in [-0.1, -0.05) is 6.42 Å². The Labute approximate surface area is 107 Å². The lowest BCUT2D eigenvalue weighted by atomic mass is 10.0. The van der Waals surface area contributed by atoms with Gasteiger partial charge >= 0.3 is 0 Å². The Balaban J connectivity index is 1.88. The van der Waals surface area contributed by atoms with Gasteiger partial charge in [-0.15, -0.1) is 0 Å². The highest BCUT2D eigenvalue weighted by molar-refractivity contribution is 4.86. The third kappa shape index (κ3) is 3.43. The summed E-state index contributed by atoms with van der Waals surface area (Å²) in [6.45, 7) is 7.49. The molecule has 0 amide bonds. The fourth-order valence-electron chi connectivity index (χ4n) is 3.63. The summed E-state index contributed by atoms with van der Waals surface area (Å²) in [5.41, 5.74) is 0. The number of rotatable bonds is 3. The maximum Gasteiger partial charge on any atom is 0.0194 e. The molecule has 1 aliphatic heterocycles. The van der Waals surface area contributed by atoms with Crippen molar-refractivity contribution in [1.29, 1.82) is 0 Å². The molecule has 1 saturated heterocycles. The second-order valence-electron chi connectivity index (χ2n) is 6.05. The SMILES string of the molecule is CNC1CCCC1CN1CCCN(C)CC1C. The van der Waals surface area contributed by atoms with E-state index in [2.05, 4.69) is 36.1 Å². The van der Waals surface area contributed by atoms with Gasteiger partial charge in [0.25, 0.3) is 0 Å². The van der Waals surface area contributed by atoms with E-state index in [9.17, 15) is 0 Å². The van der Waals surface area contributed by atoms with Crippen molar-refractivity contribution >= 4 is 0 Å². The highest BCUT2D eigenvalue weighted by atomic mass is 15.2. The zero-order valence-corrected chi connectivity index (χ0v) is 11.8. The molecule has 1 heterocycles. The maximum absolute atomic E-state index is 3.51. The highest BCUT2D eigenvalue weighted by Gasteiger charge is 2.29. The van der Waals surface area contributed by atoms with E-state index in [0.29, 0.717) is 0 Å². The van der Waals surface area contributed by atoms with E-state index >= 15 is 0 Å². The van der Waals surface area contributed by atoms with E-state index in [1.165, 1.54) is 51.9 Å². The molecule has 3 nitrogen and oxygen atoms in total. The fraction of sp³-hybridized carbons (Fsp3) is 1.00. The number of hydrogen-bond donors (Lipinski definition) is 1. The summed E-state index contributed by atoms with van der Waals surface area (Å²) in [5.74, 6) is 0.880. The summed E-state index contributed by atoms with van der Waals surface area (Å²) in [5, 5.41) is 3.51. The van der Waals surface area contributed by atoms with E-state index in [1.54, 1.807) is 0 Å². The van der Waals surface area contributed by atoms with Crippen LogP contribution in [0.15, 0.2) is 0 Å². The summed E-state index contributed by atoms with van der Waals surface area (Å²) in [4.78, 5) is 5.21. The molecule has 0 radical (unpaired) electrons. The topological polar surface area (TPSA) is 18.5 Å². The molecular formula is C14H29N3. The van der Waals surface area contributed by atoms with Crippen LogP contribution >= 0.6 is 0 Å². The summed E-state index contributed by atoms with van der Waals surface area (Å²) in [6, 6.07) is 1.49. The molecule has 3 heteroatoms. The normalized spacial score (nSPS) is 37.2. The molecule has 3 atom stereocenters. The summed E-state index contributed by atoms with van der Waals surface area (Å²) in [6.07, 6.45) is 5.55. The minimum Gasteiger partial charge on any atom is -0.317 e. The van der Waals surface area contributed by atoms with Crippen molar-refractivity contribution in [1.82, 2.24) is 15.1 Å². The zero-order chi connectivity index (χ0) is 12.3. The van der Waals surface area contributed by atoms with Gasteiger partial charge in [-0.05, 0) is 59.3 Å². The lowest BCUT2D eigenvalue weighted by Crippen LogP contribution is -2.43. The van der Waals surface area contributed by atoms with E-state index in [0.717, 1.165) is 18.0 Å². The minimum absolute atomic E-state index is 0.723. The van der Waals surface area contributed by atoms with Crippen molar-refractivity contribution in [2.75, 3.05) is 40.3 Å². The molecule has 0 aromatic rings. The monoisotopic (exact) mass is 239 g/mol. The van der Waals surface area contributed by atoms with Crippen LogP contribution in [0.3, 0.4) is 0 Å². The van der Waals surface area contributed by atoms with E-state index in [-0.39, 0.29) is 0 Å². The number of hydrogen-bond acceptors (Lipinski definition) is 3. The van der Waals surface area contributed by atoms with E-state index in [1.807, 2.05) is 0 Å². The van der Waals surface area contributed by atoms with Gasteiger partial charge in [-0.25, -0.2) is 0 Å². The molecular weight excluding hydrogens is 210 g/mol. The van der Waals surface area contributed by atoms with Crippen LogP contribution in [0, 0.1) is 5.92 Å². The lowest BCUT2D eigenvalue weighted by Gasteiger charge is -2.32. The average molecular weight is 239 g/mol. The van der Waals surface area contributed by atoms with Gasteiger partial charge in [0.05, 0.1) is 0 Å². The van der Waals surface area contributed by atoms with Crippen molar-refractivity contribution in [3.05, 3.63) is 0 Å². The second-order valence-corrected chi connectivity index (χ2v) is 6.05. The third-order valence-corrected chi connectivity index (χ3v) is 4.68. The van der Waals surface area contributed by atoms with Crippen LogP contribution in [0.5, 0.6) is 0 Å². The molecule has 3 unspecified atom stereocenters. The molecule has 1 N–H and O–H groups in total. The van der Waals surface area contributed by atoms with Crippen molar-refractivity contribution in [3.63, 3.8) is 0 Å². The first-order chi connectivity index (χ1) is 8.20. The Morgan fingerprint density at radius 3 is 2.76 bits per heavy atom. The number of likely N-dealkylation sites (N-methyl/N-ethyl adjacent to an activating group) is 1. The molecule has 0 bridgehead atoms. The van der Waals surface area contributed by atoms with Crippen molar-refractivity contribution < 1.29 is 0 Å². The van der Waals surface area contributed by atoms with Gasteiger partial charge in [0.2, 0.25) is 0 Å². The Hall–Kier alpha value is -0.120. The first kappa shape index (κ1) is 13.3. The summed E-state index contributed by atoms with van der Waals surface area (Å²) in [7, 11) is 4.38. The van der Waals surface area contributed by atoms with Crippen molar-refractivity contribution in [2.45, 2.75) is 44.7 Å². The molecule has 2 rings (SSSR count). The van der Waals surface area contributed by atoms with Gasteiger partial charge in [-0.3, -0.25) is 4.90 Å². The maximum atomic E-state index is 3.51. The highest BCUT2D eigenvalue weighted by Crippen LogP contribution is 2.27. The van der Waals surface area contributed by atoms with Crippen LogP contribution in [0.2, 0.25) is 0 Å². The molecule has 0 aromatic heterocycles. The summed E-state index contributed by atoms with van der Waals surface area (Å²) < 4.78 is 0.